The Morgan fingerprint density at radius 3 is 2.82 bits per heavy atom. The first kappa shape index (κ1) is 11.6. The van der Waals surface area contributed by atoms with Crippen LogP contribution in [0, 0.1) is 5.92 Å². The van der Waals surface area contributed by atoms with Gasteiger partial charge in [0.25, 0.3) is 0 Å². The van der Waals surface area contributed by atoms with E-state index < -0.39 is 0 Å². The van der Waals surface area contributed by atoms with E-state index in [1.807, 2.05) is 12.1 Å². The zero-order valence-electron chi connectivity index (χ0n) is 9.63. The normalized spacial score (nSPS) is 31.5. The SMILES string of the molecule is Clc1ccc(NC2CCN3CCC2C3)c(Cl)c1. The molecule has 2 nitrogen and oxygen atoms in total. The highest BCUT2D eigenvalue weighted by Gasteiger charge is 2.34. The smallest absolute Gasteiger partial charge is 0.0652 e. The molecule has 0 spiro atoms. The van der Waals surface area contributed by atoms with E-state index in [1.54, 1.807) is 6.07 Å². The zero-order chi connectivity index (χ0) is 11.8. The van der Waals surface area contributed by atoms with Gasteiger partial charge in [-0.2, -0.15) is 0 Å². The Morgan fingerprint density at radius 2 is 2.00 bits per heavy atom. The number of hydrogen-bond donors (Lipinski definition) is 1. The average Bonchev–Trinajstić information content (AvgIpc) is 2.69. The number of benzene rings is 1. The summed E-state index contributed by atoms with van der Waals surface area (Å²) in [6, 6.07) is 6.23. The summed E-state index contributed by atoms with van der Waals surface area (Å²) in [5.74, 6) is 0.774. The fourth-order valence-corrected chi connectivity index (χ4v) is 3.41. The van der Waals surface area contributed by atoms with Crippen molar-refractivity contribution in [1.29, 1.82) is 0 Å². The number of fused-ring (bicyclic) bond motifs is 2. The summed E-state index contributed by atoms with van der Waals surface area (Å²) in [6.45, 7) is 3.71. The minimum Gasteiger partial charge on any atom is -0.381 e. The second-order valence-corrected chi connectivity index (χ2v) is 5.86. The molecular weight excluding hydrogens is 255 g/mol. The van der Waals surface area contributed by atoms with Gasteiger partial charge >= 0.3 is 0 Å². The molecule has 0 aliphatic carbocycles. The first-order valence-corrected chi connectivity index (χ1v) is 6.92. The minimum absolute atomic E-state index is 0.562. The van der Waals surface area contributed by atoms with Crippen molar-refractivity contribution in [3.8, 4) is 0 Å². The van der Waals surface area contributed by atoms with Crippen LogP contribution >= 0.6 is 23.2 Å². The van der Waals surface area contributed by atoms with Crippen LogP contribution in [0.3, 0.4) is 0 Å². The van der Waals surface area contributed by atoms with E-state index in [-0.39, 0.29) is 0 Å². The summed E-state index contributed by atoms with van der Waals surface area (Å²) in [4.78, 5) is 2.55. The third kappa shape index (κ3) is 2.40. The van der Waals surface area contributed by atoms with Crippen molar-refractivity contribution in [2.75, 3.05) is 25.0 Å². The van der Waals surface area contributed by atoms with Crippen molar-refractivity contribution in [2.45, 2.75) is 18.9 Å². The quantitative estimate of drug-likeness (QED) is 0.885. The van der Waals surface area contributed by atoms with Gasteiger partial charge in [0.15, 0.2) is 0 Å². The van der Waals surface area contributed by atoms with Crippen LogP contribution in [-0.4, -0.2) is 30.6 Å². The fourth-order valence-electron chi connectivity index (χ4n) is 2.95. The standard InChI is InChI=1S/C13H16Cl2N2/c14-10-1-2-13(11(15)7-10)16-12-4-6-17-5-3-9(12)8-17/h1-2,7,9,12,16H,3-6,8H2. The summed E-state index contributed by atoms with van der Waals surface area (Å²) in [5, 5.41) is 5.00. The van der Waals surface area contributed by atoms with Crippen LogP contribution in [0.1, 0.15) is 12.8 Å². The number of piperidine rings is 1. The van der Waals surface area contributed by atoms with Crippen LogP contribution in [0.4, 0.5) is 5.69 Å². The van der Waals surface area contributed by atoms with Crippen LogP contribution in [0.2, 0.25) is 10.0 Å². The van der Waals surface area contributed by atoms with E-state index >= 15 is 0 Å². The molecule has 1 aromatic carbocycles. The number of anilines is 1. The number of nitrogens with one attached hydrogen (secondary N) is 1. The maximum Gasteiger partial charge on any atom is 0.0652 e. The van der Waals surface area contributed by atoms with Gasteiger partial charge in [-0.25, -0.2) is 0 Å². The molecule has 0 radical (unpaired) electrons. The van der Waals surface area contributed by atoms with Gasteiger partial charge in [0.05, 0.1) is 10.7 Å². The average molecular weight is 271 g/mol. The van der Waals surface area contributed by atoms with Crippen LogP contribution in [0.15, 0.2) is 18.2 Å². The second-order valence-electron chi connectivity index (χ2n) is 5.01. The van der Waals surface area contributed by atoms with Gasteiger partial charge < -0.3 is 10.2 Å². The first-order chi connectivity index (χ1) is 8.22. The molecule has 3 atom stereocenters. The van der Waals surface area contributed by atoms with Crippen molar-refractivity contribution in [1.82, 2.24) is 4.90 Å². The Morgan fingerprint density at radius 1 is 1.18 bits per heavy atom. The van der Waals surface area contributed by atoms with Crippen LogP contribution in [0.5, 0.6) is 0 Å². The summed E-state index contributed by atoms with van der Waals surface area (Å²) in [7, 11) is 0. The third-order valence-electron chi connectivity index (χ3n) is 3.91. The lowest BCUT2D eigenvalue weighted by molar-refractivity contribution is 0.255. The molecule has 0 aromatic heterocycles. The summed E-state index contributed by atoms with van der Waals surface area (Å²) < 4.78 is 0. The molecule has 2 aliphatic rings. The van der Waals surface area contributed by atoms with E-state index in [4.69, 9.17) is 23.2 Å². The van der Waals surface area contributed by atoms with E-state index in [0.29, 0.717) is 11.1 Å². The van der Waals surface area contributed by atoms with Crippen molar-refractivity contribution in [2.24, 2.45) is 5.92 Å². The van der Waals surface area contributed by atoms with Gasteiger partial charge in [0.2, 0.25) is 0 Å². The van der Waals surface area contributed by atoms with Crippen molar-refractivity contribution >= 4 is 28.9 Å². The molecule has 2 heterocycles. The monoisotopic (exact) mass is 270 g/mol. The molecule has 17 heavy (non-hydrogen) atoms. The number of hydrogen-bond acceptors (Lipinski definition) is 2. The van der Waals surface area contributed by atoms with Crippen LogP contribution < -0.4 is 5.32 Å². The van der Waals surface area contributed by atoms with Crippen LogP contribution in [-0.2, 0) is 0 Å². The second kappa shape index (κ2) is 4.68. The molecule has 1 N–H and O–H groups in total. The Kier molecular flexibility index (Phi) is 3.20. The molecule has 4 heteroatoms. The predicted molar refractivity (Wildman–Crippen MR) is 73.0 cm³/mol. The third-order valence-corrected chi connectivity index (χ3v) is 4.45. The number of halogens is 2. The van der Waals surface area contributed by atoms with Gasteiger partial charge in [-0.1, -0.05) is 23.2 Å². The van der Waals surface area contributed by atoms with Crippen molar-refractivity contribution in [3.63, 3.8) is 0 Å². The molecule has 0 amide bonds. The van der Waals surface area contributed by atoms with Gasteiger partial charge in [-0.3, -0.25) is 0 Å². The molecule has 3 rings (SSSR count). The van der Waals surface area contributed by atoms with Gasteiger partial charge in [0, 0.05) is 24.2 Å². The molecule has 2 bridgehead atoms. The van der Waals surface area contributed by atoms with E-state index in [0.717, 1.165) is 16.6 Å². The van der Waals surface area contributed by atoms with Gasteiger partial charge in [-0.05, 0) is 43.5 Å². The summed E-state index contributed by atoms with van der Waals surface area (Å²) in [6.07, 6.45) is 2.52. The Balaban J connectivity index is 1.73. The lowest BCUT2D eigenvalue weighted by Gasteiger charge is -2.32. The Bertz CT molecular complexity index is 422. The van der Waals surface area contributed by atoms with Crippen molar-refractivity contribution in [3.05, 3.63) is 28.2 Å². The molecule has 92 valence electrons. The molecular formula is C13H16Cl2N2. The van der Waals surface area contributed by atoms with Gasteiger partial charge in [0.1, 0.15) is 0 Å². The lowest BCUT2D eigenvalue weighted by Crippen LogP contribution is -2.39. The first-order valence-electron chi connectivity index (χ1n) is 6.16. The number of rotatable bonds is 2. The maximum atomic E-state index is 6.19. The van der Waals surface area contributed by atoms with E-state index in [2.05, 4.69) is 10.2 Å². The largest absolute Gasteiger partial charge is 0.381 e. The molecule has 2 fully saturated rings. The summed E-state index contributed by atoms with van der Waals surface area (Å²) >= 11 is 12.1. The topological polar surface area (TPSA) is 15.3 Å². The molecule has 2 saturated heterocycles. The highest BCUT2D eigenvalue weighted by Crippen LogP contribution is 2.32. The van der Waals surface area contributed by atoms with Gasteiger partial charge in [-0.15, -0.1) is 0 Å². The van der Waals surface area contributed by atoms with E-state index in [1.165, 1.54) is 32.5 Å². The Hall–Kier alpha value is -0.440. The fraction of sp³-hybridized carbons (Fsp3) is 0.538. The predicted octanol–water partition coefficient (Wildman–Crippen LogP) is 3.50. The molecule has 0 saturated carbocycles. The minimum atomic E-state index is 0.562. The number of nitrogens with zero attached hydrogens (tertiary/aromatic N) is 1. The van der Waals surface area contributed by atoms with E-state index in [9.17, 15) is 0 Å². The molecule has 3 unspecified atom stereocenters. The molecule has 2 aliphatic heterocycles. The maximum absolute atomic E-state index is 6.19. The Labute approximate surface area is 112 Å². The zero-order valence-corrected chi connectivity index (χ0v) is 11.1. The summed E-state index contributed by atoms with van der Waals surface area (Å²) in [5.41, 5.74) is 1.02. The lowest BCUT2D eigenvalue weighted by atomic mass is 9.94. The van der Waals surface area contributed by atoms with Crippen LogP contribution in [0.25, 0.3) is 0 Å². The molecule has 1 aromatic rings. The van der Waals surface area contributed by atoms with Crippen molar-refractivity contribution < 1.29 is 0 Å². The highest BCUT2D eigenvalue weighted by atomic mass is 35.5. The highest BCUT2D eigenvalue weighted by molar-refractivity contribution is 6.36.